The second-order valence-corrected chi connectivity index (χ2v) is 10.2. The number of likely N-dealkylation sites (tertiary alicyclic amines) is 1. The second-order valence-electron chi connectivity index (χ2n) is 8.25. The molecule has 4 rings (SSSR count). The van der Waals surface area contributed by atoms with E-state index in [0.717, 1.165) is 43.0 Å². The summed E-state index contributed by atoms with van der Waals surface area (Å²) < 4.78 is 28.1. The van der Waals surface area contributed by atoms with Gasteiger partial charge in [-0.3, -0.25) is 0 Å². The molecule has 0 amide bonds. The van der Waals surface area contributed by atoms with Crippen LogP contribution in [0, 0.1) is 5.92 Å². The van der Waals surface area contributed by atoms with Gasteiger partial charge in [0.1, 0.15) is 0 Å². The summed E-state index contributed by atoms with van der Waals surface area (Å²) in [7, 11) is -3.44. The van der Waals surface area contributed by atoms with E-state index in [9.17, 15) is 8.42 Å². The predicted molar refractivity (Wildman–Crippen MR) is 114 cm³/mol. The van der Waals surface area contributed by atoms with E-state index in [4.69, 9.17) is 0 Å². The van der Waals surface area contributed by atoms with Crippen LogP contribution in [0.15, 0.2) is 59.5 Å². The smallest absolute Gasteiger partial charge is 0.243 e. The Labute approximate surface area is 169 Å². The van der Waals surface area contributed by atoms with Gasteiger partial charge in [-0.05, 0) is 68.0 Å². The van der Waals surface area contributed by atoms with Crippen molar-refractivity contribution in [1.82, 2.24) is 9.21 Å². The minimum Gasteiger partial charge on any atom is -0.300 e. The molecule has 2 fully saturated rings. The summed E-state index contributed by atoms with van der Waals surface area (Å²) in [5.74, 6) is 0.827. The first-order valence-corrected chi connectivity index (χ1v) is 11.9. The molecule has 0 bridgehead atoms. The molecule has 0 spiro atoms. The summed E-state index contributed by atoms with van der Waals surface area (Å²) in [6.07, 6.45) is 4.41. The van der Waals surface area contributed by atoms with Gasteiger partial charge in [0.25, 0.3) is 0 Å². The summed E-state index contributed by atoms with van der Waals surface area (Å²) >= 11 is 0. The fraction of sp³-hybridized carbons (Fsp3) is 0.478. The van der Waals surface area contributed by atoms with Gasteiger partial charge >= 0.3 is 0 Å². The average Bonchev–Trinajstić information content (AvgIpc) is 2.75. The van der Waals surface area contributed by atoms with E-state index in [0.29, 0.717) is 24.0 Å². The van der Waals surface area contributed by atoms with E-state index >= 15 is 0 Å². The van der Waals surface area contributed by atoms with Crippen LogP contribution in [-0.4, -0.2) is 49.8 Å². The molecule has 150 valence electrons. The van der Waals surface area contributed by atoms with Crippen LogP contribution in [0.2, 0.25) is 0 Å². The van der Waals surface area contributed by atoms with Crippen molar-refractivity contribution in [2.45, 2.75) is 43.5 Å². The van der Waals surface area contributed by atoms with Crippen LogP contribution < -0.4 is 0 Å². The largest absolute Gasteiger partial charge is 0.300 e. The van der Waals surface area contributed by atoms with E-state index in [-0.39, 0.29) is 0 Å². The molecular formula is C23H30N2O2S. The summed E-state index contributed by atoms with van der Waals surface area (Å²) in [6, 6.07) is 17.8. The lowest BCUT2D eigenvalue weighted by Gasteiger charge is -2.41. The molecule has 2 saturated heterocycles. The van der Waals surface area contributed by atoms with Crippen LogP contribution in [-0.2, 0) is 10.0 Å². The number of sulfonamides is 1. The number of hydrogen-bond donors (Lipinski definition) is 0. The fourth-order valence-corrected chi connectivity index (χ4v) is 5.97. The second kappa shape index (κ2) is 8.36. The van der Waals surface area contributed by atoms with Crippen molar-refractivity contribution >= 4 is 10.0 Å². The number of rotatable bonds is 4. The Kier molecular flexibility index (Phi) is 5.85. The summed E-state index contributed by atoms with van der Waals surface area (Å²) in [5, 5.41) is 0. The Morgan fingerprint density at radius 2 is 1.43 bits per heavy atom. The highest BCUT2D eigenvalue weighted by Gasteiger charge is 2.32. The Bertz CT molecular complexity index is 882. The molecular weight excluding hydrogens is 368 g/mol. The molecule has 5 heteroatoms. The third-order valence-electron chi connectivity index (χ3n) is 6.34. The van der Waals surface area contributed by atoms with Gasteiger partial charge in [0.15, 0.2) is 0 Å². The monoisotopic (exact) mass is 398 g/mol. The molecule has 4 nitrogen and oxygen atoms in total. The number of piperidine rings is 2. The molecule has 2 aromatic carbocycles. The highest BCUT2D eigenvalue weighted by Crippen LogP contribution is 2.28. The van der Waals surface area contributed by atoms with Gasteiger partial charge in [0.05, 0.1) is 4.90 Å². The number of hydrogen-bond acceptors (Lipinski definition) is 3. The van der Waals surface area contributed by atoms with Crippen molar-refractivity contribution in [3.05, 3.63) is 54.6 Å². The number of nitrogens with zero attached hydrogens (tertiary/aromatic N) is 2. The van der Waals surface area contributed by atoms with E-state index in [1.807, 2.05) is 48.5 Å². The van der Waals surface area contributed by atoms with E-state index < -0.39 is 10.0 Å². The van der Waals surface area contributed by atoms with Gasteiger partial charge in [-0.15, -0.1) is 0 Å². The SMILES string of the molecule is CC1CCN(C2CCN(S(=O)(=O)c3cccc(-c4ccccc4)c3)CC2)CC1. The van der Waals surface area contributed by atoms with Crippen LogP contribution in [0.5, 0.6) is 0 Å². The molecule has 0 aromatic heterocycles. The van der Waals surface area contributed by atoms with Gasteiger partial charge in [-0.1, -0.05) is 49.4 Å². The molecule has 0 N–H and O–H groups in total. The highest BCUT2D eigenvalue weighted by atomic mass is 32.2. The maximum Gasteiger partial charge on any atom is 0.243 e. The van der Waals surface area contributed by atoms with Gasteiger partial charge in [0, 0.05) is 19.1 Å². The van der Waals surface area contributed by atoms with E-state index in [1.54, 1.807) is 10.4 Å². The zero-order valence-electron chi connectivity index (χ0n) is 16.6. The van der Waals surface area contributed by atoms with Crippen molar-refractivity contribution in [3.63, 3.8) is 0 Å². The molecule has 2 aromatic rings. The van der Waals surface area contributed by atoms with Crippen molar-refractivity contribution in [1.29, 1.82) is 0 Å². The molecule has 0 saturated carbocycles. The third kappa shape index (κ3) is 4.17. The molecule has 28 heavy (non-hydrogen) atoms. The summed E-state index contributed by atoms with van der Waals surface area (Å²) in [6.45, 7) is 5.90. The van der Waals surface area contributed by atoms with E-state index in [1.165, 1.54) is 12.8 Å². The van der Waals surface area contributed by atoms with Gasteiger partial charge in [0.2, 0.25) is 10.0 Å². The lowest BCUT2D eigenvalue weighted by Crippen LogP contribution is -2.48. The zero-order chi connectivity index (χ0) is 19.6. The molecule has 0 unspecified atom stereocenters. The van der Waals surface area contributed by atoms with Gasteiger partial charge < -0.3 is 4.90 Å². The zero-order valence-corrected chi connectivity index (χ0v) is 17.4. The highest BCUT2D eigenvalue weighted by molar-refractivity contribution is 7.89. The molecule has 2 aliphatic heterocycles. The maximum atomic E-state index is 13.2. The quantitative estimate of drug-likeness (QED) is 0.773. The molecule has 2 heterocycles. The van der Waals surface area contributed by atoms with Gasteiger partial charge in [-0.2, -0.15) is 4.31 Å². The minimum atomic E-state index is -3.44. The topological polar surface area (TPSA) is 40.6 Å². The van der Waals surface area contributed by atoms with Crippen LogP contribution >= 0.6 is 0 Å². The first kappa shape index (κ1) is 19.6. The average molecular weight is 399 g/mol. The van der Waals surface area contributed by atoms with Crippen molar-refractivity contribution < 1.29 is 8.42 Å². The van der Waals surface area contributed by atoms with Crippen LogP contribution in [0.25, 0.3) is 11.1 Å². The van der Waals surface area contributed by atoms with Crippen molar-refractivity contribution in [3.8, 4) is 11.1 Å². The minimum absolute atomic E-state index is 0.402. The lowest BCUT2D eigenvalue weighted by molar-refractivity contribution is 0.101. The first-order chi connectivity index (χ1) is 13.5. The fourth-order valence-electron chi connectivity index (χ4n) is 4.46. The summed E-state index contributed by atoms with van der Waals surface area (Å²) in [5.41, 5.74) is 1.98. The van der Waals surface area contributed by atoms with Crippen LogP contribution in [0.3, 0.4) is 0 Å². The van der Waals surface area contributed by atoms with Crippen molar-refractivity contribution in [2.75, 3.05) is 26.2 Å². The van der Waals surface area contributed by atoms with Crippen LogP contribution in [0.4, 0.5) is 0 Å². The van der Waals surface area contributed by atoms with Gasteiger partial charge in [-0.25, -0.2) is 8.42 Å². The predicted octanol–water partition coefficient (Wildman–Crippen LogP) is 4.24. The Hall–Kier alpha value is -1.69. The van der Waals surface area contributed by atoms with Crippen molar-refractivity contribution in [2.24, 2.45) is 5.92 Å². The van der Waals surface area contributed by atoms with E-state index in [2.05, 4.69) is 11.8 Å². The standard InChI is InChI=1S/C23H30N2O2S/c1-19-10-14-24(15-11-19)22-12-16-25(17-13-22)28(26,27)23-9-5-8-21(18-23)20-6-3-2-4-7-20/h2-9,18-19,22H,10-17H2,1H3. The summed E-state index contributed by atoms with van der Waals surface area (Å²) in [4.78, 5) is 2.99. The normalized spacial score (nSPS) is 21.0. The Morgan fingerprint density at radius 1 is 0.786 bits per heavy atom. The third-order valence-corrected chi connectivity index (χ3v) is 8.23. The lowest BCUT2D eigenvalue weighted by atomic mass is 9.95. The molecule has 2 aliphatic rings. The maximum absolute atomic E-state index is 13.2. The Balaban J connectivity index is 1.45. The molecule has 0 radical (unpaired) electrons. The number of benzene rings is 2. The molecule has 0 atom stereocenters. The van der Waals surface area contributed by atoms with Crippen LogP contribution in [0.1, 0.15) is 32.6 Å². The molecule has 0 aliphatic carbocycles. The first-order valence-electron chi connectivity index (χ1n) is 10.4. The Morgan fingerprint density at radius 3 is 2.11 bits per heavy atom.